The van der Waals surface area contributed by atoms with Crippen LogP contribution in [0.2, 0.25) is 0 Å². The Morgan fingerprint density at radius 3 is 2.90 bits per heavy atom. The Labute approximate surface area is 58.5 Å². The minimum absolute atomic E-state index is 0.289. The Morgan fingerprint density at radius 2 is 2.30 bits per heavy atom. The van der Waals surface area contributed by atoms with Crippen LogP contribution in [0.1, 0.15) is 5.56 Å². The summed E-state index contributed by atoms with van der Waals surface area (Å²) in [6.07, 6.45) is 1.05. The number of aldehydes is 1. The average Bonchev–Trinajstić information content (AvgIpc) is 1.88. The van der Waals surface area contributed by atoms with Crippen molar-refractivity contribution in [2.45, 2.75) is 6.42 Å². The first-order valence-corrected chi connectivity index (χ1v) is 3.01. The smallest absolute Gasteiger partial charge is 0.124 e. The number of halogens is 1. The molecule has 1 aromatic carbocycles. The zero-order valence-corrected chi connectivity index (χ0v) is 5.38. The molecule has 0 bridgehead atoms. The fourth-order valence-corrected chi connectivity index (χ4v) is 0.760. The highest BCUT2D eigenvalue weighted by Gasteiger charge is 1.91. The van der Waals surface area contributed by atoms with E-state index in [9.17, 15) is 9.18 Å². The van der Waals surface area contributed by atoms with Crippen molar-refractivity contribution in [3.05, 3.63) is 35.6 Å². The van der Waals surface area contributed by atoms with Gasteiger partial charge in [-0.25, -0.2) is 4.39 Å². The standard InChI is InChI=1S/C8H7FO/c9-8-3-1-2-7(6-8)4-5-10/h1-3,5-6H,4H2. The molecule has 0 fully saturated rings. The highest BCUT2D eigenvalue weighted by Crippen LogP contribution is 2.02. The summed E-state index contributed by atoms with van der Waals surface area (Å²) in [4.78, 5) is 9.96. The van der Waals surface area contributed by atoms with Crippen LogP contribution >= 0.6 is 0 Å². The van der Waals surface area contributed by atoms with Gasteiger partial charge in [0, 0.05) is 6.42 Å². The van der Waals surface area contributed by atoms with E-state index in [1.165, 1.54) is 12.1 Å². The maximum Gasteiger partial charge on any atom is 0.124 e. The Hall–Kier alpha value is -1.18. The third-order valence-corrected chi connectivity index (χ3v) is 1.21. The van der Waals surface area contributed by atoms with Crippen molar-refractivity contribution >= 4 is 6.29 Å². The molecule has 0 unspecified atom stereocenters. The van der Waals surface area contributed by atoms with E-state index in [4.69, 9.17) is 0 Å². The molecule has 0 saturated carbocycles. The Morgan fingerprint density at radius 1 is 1.50 bits per heavy atom. The number of carbonyl (C=O) groups excluding carboxylic acids is 1. The van der Waals surface area contributed by atoms with E-state index < -0.39 is 0 Å². The van der Waals surface area contributed by atoms with Crippen LogP contribution in [-0.4, -0.2) is 6.29 Å². The number of benzene rings is 1. The zero-order valence-electron chi connectivity index (χ0n) is 5.38. The molecular weight excluding hydrogens is 131 g/mol. The van der Waals surface area contributed by atoms with Gasteiger partial charge in [0.05, 0.1) is 0 Å². The second-order valence-corrected chi connectivity index (χ2v) is 2.00. The van der Waals surface area contributed by atoms with E-state index in [1.807, 2.05) is 0 Å². The molecule has 0 atom stereocenters. The Kier molecular flexibility index (Phi) is 2.15. The van der Waals surface area contributed by atoms with E-state index in [-0.39, 0.29) is 12.2 Å². The van der Waals surface area contributed by atoms with Gasteiger partial charge >= 0.3 is 0 Å². The summed E-state index contributed by atoms with van der Waals surface area (Å²) in [6, 6.07) is 6.02. The summed E-state index contributed by atoms with van der Waals surface area (Å²) in [5, 5.41) is 0. The highest BCUT2D eigenvalue weighted by molar-refractivity contribution is 5.54. The molecule has 0 amide bonds. The number of rotatable bonds is 2. The minimum atomic E-state index is -0.292. The molecule has 0 aliphatic rings. The maximum absolute atomic E-state index is 12.4. The van der Waals surface area contributed by atoms with Crippen molar-refractivity contribution < 1.29 is 9.18 Å². The summed E-state index contributed by atoms with van der Waals surface area (Å²) >= 11 is 0. The molecule has 1 nitrogen and oxygen atoms in total. The summed E-state index contributed by atoms with van der Waals surface area (Å²) in [5.74, 6) is -0.292. The SMILES string of the molecule is O=CCc1cccc(F)c1. The lowest BCUT2D eigenvalue weighted by Crippen LogP contribution is -1.85. The van der Waals surface area contributed by atoms with Gasteiger partial charge in [0.2, 0.25) is 0 Å². The topological polar surface area (TPSA) is 17.1 Å². The van der Waals surface area contributed by atoms with Gasteiger partial charge in [-0.1, -0.05) is 12.1 Å². The molecule has 0 aromatic heterocycles. The van der Waals surface area contributed by atoms with E-state index in [0.717, 1.165) is 11.8 Å². The van der Waals surface area contributed by atoms with Crippen LogP contribution in [0.4, 0.5) is 4.39 Å². The molecule has 52 valence electrons. The van der Waals surface area contributed by atoms with Crippen LogP contribution in [0, 0.1) is 5.82 Å². The van der Waals surface area contributed by atoms with Crippen molar-refractivity contribution in [1.82, 2.24) is 0 Å². The normalized spacial score (nSPS) is 9.30. The minimum Gasteiger partial charge on any atom is -0.303 e. The molecule has 0 spiro atoms. The van der Waals surface area contributed by atoms with Gasteiger partial charge in [-0.05, 0) is 17.7 Å². The summed E-state index contributed by atoms with van der Waals surface area (Å²) in [7, 11) is 0. The molecular formula is C8H7FO. The molecule has 10 heavy (non-hydrogen) atoms. The van der Waals surface area contributed by atoms with Gasteiger partial charge < -0.3 is 4.79 Å². The van der Waals surface area contributed by atoms with Crippen molar-refractivity contribution in [3.63, 3.8) is 0 Å². The Balaban J connectivity index is 2.84. The molecule has 0 radical (unpaired) electrons. The fraction of sp³-hybridized carbons (Fsp3) is 0.125. The predicted octanol–water partition coefficient (Wildman–Crippen LogP) is 1.57. The first-order chi connectivity index (χ1) is 4.83. The highest BCUT2D eigenvalue weighted by atomic mass is 19.1. The van der Waals surface area contributed by atoms with Crippen LogP contribution in [0.5, 0.6) is 0 Å². The lowest BCUT2D eigenvalue weighted by atomic mass is 10.2. The van der Waals surface area contributed by atoms with Gasteiger partial charge in [-0.2, -0.15) is 0 Å². The molecule has 0 N–H and O–H groups in total. The zero-order chi connectivity index (χ0) is 7.40. The van der Waals surface area contributed by atoms with Crippen LogP contribution in [0.3, 0.4) is 0 Å². The number of hydrogen-bond acceptors (Lipinski definition) is 1. The van der Waals surface area contributed by atoms with E-state index in [0.29, 0.717) is 0 Å². The fourth-order valence-electron chi connectivity index (χ4n) is 0.760. The number of carbonyl (C=O) groups is 1. The van der Waals surface area contributed by atoms with Crippen LogP contribution in [0.25, 0.3) is 0 Å². The second-order valence-electron chi connectivity index (χ2n) is 2.00. The predicted molar refractivity (Wildman–Crippen MR) is 36.2 cm³/mol. The summed E-state index contributed by atoms with van der Waals surface area (Å²) < 4.78 is 12.4. The van der Waals surface area contributed by atoms with Crippen molar-refractivity contribution in [2.75, 3.05) is 0 Å². The van der Waals surface area contributed by atoms with Gasteiger partial charge in [-0.3, -0.25) is 0 Å². The van der Waals surface area contributed by atoms with Gasteiger partial charge in [0.15, 0.2) is 0 Å². The monoisotopic (exact) mass is 138 g/mol. The maximum atomic E-state index is 12.4. The van der Waals surface area contributed by atoms with Crippen molar-refractivity contribution in [3.8, 4) is 0 Å². The van der Waals surface area contributed by atoms with E-state index in [2.05, 4.69) is 0 Å². The molecule has 0 heterocycles. The summed E-state index contributed by atoms with van der Waals surface area (Å²) in [6.45, 7) is 0. The van der Waals surface area contributed by atoms with E-state index >= 15 is 0 Å². The third-order valence-electron chi connectivity index (χ3n) is 1.21. The summed E-state index contributed by atoms with van der Waals surface area (Å²) in [5.41, 5.74) is 0.718. The van der Waals surface area contributed by atoms with Crippen LogP contribution in [-0.2, 0) is 11.2 Å². The van der Waals surface area contributed by atoms with Crippen molar-refractivity contribution in [1.29, 1.82) is 0 Å². The molecule has 2 heteroatoms. The lowest BCUT2D eigenvalue weighted by Gasteiger charge is -1.92. The molecule has 0 saturated heterocycles. The second kappa shape index (κ2) is 3.11. The largest absolute Gasteiger partial charge is 0.303 e. The molecule has 0 aliphatic heterocycles. The average molecular weight is 138 g/mol. The molecule has 0 aliphatic carbocycles. The lowest BCUT2D eigenvalue weighted by molar-refractivity contribution is -0.107. The van der Waals surface area contributed by atoms with Gasteiger partial charge in [-0.15, -0.1) is 0 Å². The Bertz CT molecular complexity index is 232. The van der Waals surface area contributed by atoms with E-state index in [1.54, 1.807) is 12.1 Å². The first kappa shape index (κ1) is 6.93. The van der Waals surface area contributed by atoms with Gasteiger partial charge in [0.25, 0.3) is 0 Å². The molecule has 1 rings (SSSR count). The third kappa shape index (κ3) is 1.65. The first-order valence-electron chi connectivity index (χ1n) is 3.01. The number of hydrogen-bond donors (Lipinski definition) is 0. The van der Waals surface area contributed by atoms with Crippen LogP contribution in [0.15, 0.2) is 24.3 Å². The van der Waals surface area contributed by atoms with Gasteiger partial charge in [0.1, 0.15) is 12.1 Å². The van der Waals surface area contributed by atoms with Crippen molar-refractivity contribution in [2.24, 2.45) is 0 Å². The molecule has 1 aromatic rings. The van der Waals surface area contributed by atoms with Crippen LogP contribution < -0.4 is 0 Å². The quantitative estimate of drug-likeness (QED) is 0.567.